The van der Waals surface area contributed by atoms with Crippen LogP contribution in [0.5, 0.6) is 0 Å². The monoisotopic (exact) mass is 303 g/mol. The summed E-state index contributed by atoms with van der Waals surface area (Å²) in [4.78, 5) is 2.73. The topological polar surface area (TPSA) is 83.8 Å². The number of ether oxygens (including phenoxy) is 1. The van der Waals surface area contributed by atoms with Gasteiger partial charge in [-0.25, -0.2) is 13.4 Å². The number of hydrogen-bond acceptors (Lipinski definition) is 5. The smallest absolute Gasteiger partial charge is 0.254 e. The van der Waals surface area contributed by atoms with E-state index in [0.29, 0.717) is 38.5 Å². The third-order valence-corrected chi connectivity index (χ3v) is 4.50. The maximum atomic E-state index is 12.3. The van der Waals surface area contributed by atoms with Gasteiger partial charge in [0.1, 0.15) is 4.90 Å². The van der Waals surface area contributed by atoms with Crippen LogP contribution in [0.1, 0.15) is 19.0 Å². The van der Waals surface area contributed by atoms with Gasteiger partial charge in [0.2, 0.25) is 0 Å². The zero-order chi connectivity index (χ0) is 14.6. The number of nitrogens with zero attached hydrogens (tertiary/aromatic N) is 2. The van der Waals surface area contributed by atoms with Crippen LogP contribution in [0.4, 0.5) is 0 Å². The van der Waals surface area contributed by atoms with Crippen molar-refractivity contribution in [3.05, 3.63) is 18.0 Å². The lowest BCUT2D eigenvalue weighted by atomic mass is 10.4. The molecule has 0 atom stereocenters. The molecule has 1 aliphatic heterocycles. The van der Waals surface area contributed by atoms with Gasteiger partial charge in [-0.15, -0.1) is 4.83 Å². The van der Waals surface area contributed by atoms with Gasteiger partial charge in [-0.3, -0.25) is 0 Å². The SMILES string of the molecule is CCCn1cc(S(=O)(=O)NN2CCOCC2)cc1CO. The van der Waals surface area contributed by atoms with Gasteiger partial charge < -0.3 is 14.4 Å². The molecule has 2 rings (SSSR count). The van der Waals surface area contributed by atoms with Crippen molar-refractivity contribution in [2.45, 2.75) is 31.4 Å². The minimum Gasteiger partial charge on any atom is -0.390 e. The summed E-state index contributed by atoms with van der Waals surface area (Å²) >= 11 is 0. The molecule has 0 aliphatic carbocycles. The van der Waals surface area contributed by atoms with Crippen LogP contribution in [0.25, 0.3) is 0 Å². The van der Waals surface area contributed by atoms with E-state index < -0.39 is 10.0 Å². The fourth-order valence-corrected chi connectivity index (χ4v) is 3.32. The second kappa shape index (κ2) is 6.68. The molecule has 20 heavy (non-hydrogen) atoms. The zero-order valence-electron chi connectivity index (χ0n) is 11.6. The third kappa shape index (κ3) is 3.58. The predicted molar refractivity (Wildman–Crippen MR) is 73.4 cm³/mol. The number of nitrogens with one attached hydrogen (secondary N) is 1. The molecular weight excluding hydrogens is 282 g/mol. The molecule has 7 nitrogen and oxygen atoms in total. The Morgan fingerprint density at radius 2 is 2.10 bits per heavy atom. The summed E-state index contributed by atoms with van der Waals surface area (Å²) in [6.07, 6.45) is 2.44. The van der Waals surface area contributed by atoms with Crippen LogP contribution in [-0.4, -0.2) is 49.4 Å². The third-order valence-electron chi connectivity index (χ3n) is 3.16. The minimum atomic E-state index is -3.60. The average molecular weight is 303 g/mol. The average Bonchev–Trinajstić information content (AvgIpc) is 2.84. The molecule has 1 fully saturated rings. The molecule has 1 aliphatic rings. The van der Waals surface area contributed by atoms with Gasteiger partial charge in [0, 0.05) is 31.5 Å². The van der Waals surface area contributed by atoms with Crippen LogP contribution in [0.2, 0.25) is 0 Å². The molecule has 0 radical (unpaired) electrons. The normalized spacial score (nSPS) is 17.5. The van der Waals surface area contributed by atoms with E-state index in [9.17, 15) is 13.5 Å². The number of aromatic nitrogens is 1. The van der Waals surface area contributed by atoms with Crippen LogP contribution in [0.15, 0.2) is 17.2 Å². The molecule has 0 amide bonds. The molecule has 1 aromatic rings. The second-order valence-corrected chi connectivity index (χ2v) is 6.37. The van der Waals surface area contributed by atoms with Crippen LogP contribution >= 0.6 is 0 Å². The molecule has 1 saturated heterocycles. The van der Waals surface area contributed by atoms with Gasteiger partial charge in [-0.05, 0) is 12.5 Å². The molecular formula is C12H21N3O4S. The Balaban J connectivity index is 2.15. The Morgan fingerprint density at radius 3 is 2.70 bits per heavy atom. The highest BCUT2D eigenvalue weighted by atomic mass is 32.2. The number of hydrogen-bond donors (Lipinski definition) is 2. The highest BCUT2D eigenvalue weighted by Crippen LogP contribution is 2.15. The first-order valence-corrected chi connectivity index (χ1v) is 8.20. The Bertz CT molecular complexity index is 535. The van der Waals surface area contributed by atoms with Crippen LogP contribution in [0, 0.1) is 0 Å². The van der Waals surface area contributed by atoms with Gasteiger partial charge in [-0.2, -0.15) is 0 Å². The summed E-state index contributed by atoms with van der Waals surface area (Å²) in [5.74, 6) is 0. The first-order chi connectivity index (χ1) is 9.56. The number of sulfonamides is 1. The molecule has 0 bridgehead atoms. The van der Waals surface area contributed by atoms with Crippen molar-refractivity contribution in [1.82, 2.24) is 14.4 Å². The molecule has 114 valence electrons. The van der Waals surface area contributed by atoms with E-state index in [0.717, 1.165) is 6.42 Å². The van der Waals surface area contributed by atoms with Gasteiger partial charge in [0.15, 0.2) is 0 Å². The summed E-state index contributed by atoms with van der Waals surface area (Å²) < 4.78 is 31.5. The lowest BCUT2D eigenvalue weighted by molar-refractivity contribution is 0.0272. The highest BCUT2D eigenvalue weighted by Gasteiger charge is 2.22. The van der Waals surface area contributed by atoms with Crippen molar-refractivity contribution in [2.75, 3.05) is 26.3 Å². The lowest BCUT2D eigenvalue weighted by Crippen LogP contribution is -2.48. The molecule has 2 heterocycles. The second-order valence-electron chi connectivity index (χ2n) is 4.71. The quantitative estimate of drug-likeness (QED) is 0.768. The number of rotatable bonds is 6. The Labute approximate surface area is 119 Å². The van der Waals surface area contributed by atoms with E-state index in [4.69, 9.17) is 4.74 Å². The molecule has 0 spiro atoms. The van der Waals surface area contributed by atoms with Crippen LogP contribution in [-0.2, 0) is 27.9 Å². The number of aliphatic hydroxyl groups is 1. The number of hydrazine groups is 1. The van der Waals surface area contributed by atoms with Crippen molar-refractivity contribution >= 4 is 10.0 Å². The Morgan fingerprint density at radius 1 is 1.40 bits per heavy atom. The van der Waals surface area contributed by atoms with Crippen molar-refractivity contribution in [1.29, 1.82) is 0 Å². The van der Waals surface area contributed by atoms with Gasteiger partial charge in [0.05, 0.1) is 19.8 Å². The van der Waals surface area contributed by atoms with E-state index in [-0.39, 0.29) is 11.5 Å². The van der Waals surface area contributed by atoms with E-state index >= 15 is 0 Å². The summed E-state index contributed by atoms with van der Waals surface area (Å²) in [5.41, 5.74) is 0.606. The molecule has 8 heteroatoms. The van der Waals surface area contributed by atoms with Crippen LogP contribution < -0.4 is 4.83 Å². The van der Waals surface area contributed by atoms with Crippen LogP contribution in [0.3, 0.4) is 0 Å². The number of aryl methyl sites for hydroxylation is 1. The lowest BCUT2D eigenvalue weighted by Gasteiger charge is -2.26. The summed E-state index contributed by atoms with van der Waals surface area (Å²) in [5, 5.41) is 10.9. The number of aliphatic hydroxyl groups excluding tert-OH is 1. The van der Waals surface area contributed by atoms with Crippen molar-refractivity contribution < 1.29 is 18.3 Å². The standard InChI is InChI=1S/C12H21N3O4S/c1-2-3-14-9-12(8-11(14)10-16)20(17,18)13-15-4-6-19-7-5-15/h8-9,13,16H,2-7,10H2,1H3. The van der Waals surface area contributed by atoms with Crippen molar-refractivity contribution in [2.24, 2.45) is 0 Å². The van der Waals surface area contributed by atoms with Gasteiger partial charge in [0.25, 0.3) is 10.0 Å². The first kappa shape index (κ1) is 15.5. The molecule has 0 saturated carbocycles. The first-order valence-electron chi connectivity index (χ1n) is 6.72. The van der Waals surface area contributed by atoms with E-state index in [1.165, 1.54) is 6.07 Å². The molecule has 2 N–H and O–H groups in total. The van der Waals surface area contributed by atoms with Crippen molar-refractivity contribution in [3.8, 4) is 0 Å². The largest absolute Gasteiger partial charge is 0.390 e. The Kier molecular flexibility index (Phi) is 5.17. The summed E-state index contributed by atoms with van der Waals surface area (Å²) in [7, 11) is -3.60. The van der Waals surface area contributed by atoms with Gasteiger partial charge in [-0.1, -0.05) is 6.92 Å². The molecule has 0 unspecified atom stereocenters. The maximum absolute atomic E-state index is 12.3. The predicted octanol–water partition coefficient (Wildman–Crippen LogP) is -0.0841. The maximum Gasteiger partial charge on any atom is 0.254 e. The fraction of sp³-hybridized carbons (Fsp3) is 0.667. The summed E-state index contributed by atoms with van der Waals surface area (Å²) in [6.45, 7) is 4.60. The summed E-state index contributed by atoms with van der Waals surface area (Å²) in [6, 6.07) is 1.51. The van der Waals surface area contributed by atoms with Gasteiger partial charge >= 0.3 is 0 Å². The molecule has 1 aromatic heterocycles. The fourth-order valence-electron chi connectivity index (χ4n) is 2.13. The Hall–Kier alpha value is -0.930. The zero-order valence-corrected chi connectivity index (χ0v) is 12.4. The van der Waals surface area contributed by atoms with E-state index in [1.54, 1.807) is 15.8 Å². The number of morpholine rings is 1. The highest BCUT2D eigenvalue weighted by molar-refractivity contribution is 7.89. The molecule has 0 aromatic carbocycles. The van der Waals surface area contributed by atoms with E-state index in [2.05, 4.69) is 4.83 Å². The van der Waals surface area contributed by atoms with Crippen molar-refractivity contribution in [3.63, 3.8) is 0 Å². The van der Waals surface area contributed by atoms with E-state index in [1.807, 2.05) is 6.92 Å². The minimum absolute atomic E-state index is 0.174.